The molecule has 0 aliphatic rings. The Labute approximate surface area is 162 Å². The molecule has 0 aliphatic carbocycles. The molecule has 3 aromatic heterocycles. The second kappa shape index (κ2) is 7.50. The van der Waals surface area contributed by atoms with Crippen molar-refractivity contribution in [3.05, 3.63) is 66.1 Å². The van der Waals surface area contributed by atoms with Crippen molar-refractivity contribution in [3.8, 4) is 17.2 Å². The zero-order valence-electron chi connectivity index (χ0n) is 15.6. The third-order valence-corrected chi connectivity index (χ3v) is 4.37. The molecule has 0 amide bonds. The Balaban J connectivity index is 1.73. The molecule has 28 heavy (non-hydrogen) atoms. The van der Waals surface area contributed by atoms with E-state index in [2.05, 4.69) is 43.6 Å². The fourth-order valence-corrected chi connectivity index (χ4v) is 3.12. The van der Waals surface area contributed by atoms with E-state index >= 15 is 0 Å². The highest BCUT2D eigenvalue weighted by Gasteiger charge is 2.15. The van der Waals surface area contributed by atoms with Crippen molar-refractivity contribution in [1.82, 2.24) is 24.5 Å². The number of aromatic nitrogens is 4. The molecule has 0 atom stereocenters. The van der Waals surface area contributed by atoms with Gasteiger partial charge in [0.05, 0.1) is 18.3 Å². The summed E-state index contributed by atoms with van der Waals surface area (Å²) >= 11 is 0. The van der Waals surface area contributed by atoms with Gasteiger partial charge in [0.1, 0.15) is 24.0 Å². The SMILES string of the molecule is CN(C)Cc1ccc(-c2cc(C#N)c(NCc3cnco3)n3cnnc23)cc1. The van der Waals surface area contributed by atoms with Crippen LogP contribution < -0.4 is 5.32 Å². The molecule has 0 saturated heterocycles. The van der Waals surface area contributed by atoms with E-state index in [9.17, 15) is 5.26 Å². The molecule has 0 aliphatic heterocycles. The number of pyridine rings is 1. The molecule has 3 heterocycles. The average Bonchev–Trinajstić information content (AvgIpc) is 3.38. The van der Waals surface area contributed by atoms with Gasteiger partial charge in [-0.3, -0.25) is 4.40 Å². The number of nitrogens with zero attached hydrogens (tertiary/aromatic N) is 6. The quantitative estimate of drug-likeness (QED) is 0.555. The molecule has 0 radical (unpaired) electrons. The maximum atomic E-state index is 9.70. The molecule has 0 unspecified atom stereocenters. The van der Waals surface area contributed by atoms with Crippen LogP contribution in [0.3, 0.4) is 0 Å². The fraction of sp³-hybridized carbons (Fsp3) is 0.200. The molecule has 0 fully saturated rings. The summed E-state index contributed by atoms with van der Waals surface area (Å²) in [6.07, 6.45) is 4.61. The van der Waals surface area contributed by atoms with Crippen LogP contribution in [-0.4, -0.2) is 38.6 Å². The molecule has 8 nitrogen and oxygen atoms in total. The Morgan fingerprint density at radius 2 is 2.07 bits per heavy atom. The summed E-state index contributed by atoms with van der Waals surface area (Å²) in [5.41, 5.74) is 4.24. The number of hydrogen-bond acceptors (Lipinski definition) is 7. The smallest absolute Gasteiger partial charge is 0.180 e. The summed E-state index contributed by atoms with van der Waals surface area (Å²) in [5, 5.41) is 21.2. The van der Waals surface area contributed by atoms with Crippen LogP contribution >= 0.6 is 0 Å². The molecule has 4 rings (SSSR count). The molecule has 0 bridgehead atoms. The number of fused-ring (bicyclic) bond motifs is 1. The van der Waals surface area contributed by atoms with Gasteiger partial charge in [0.15, 0.2) is 12.0 Å². The summed E-state index contributed by atoms with van der Waals surface area (Å²) in [6, 6.07) is 12.4. The number of rotatable bonds is 6. The van der Waals surface area contributed by atoms with Crippen molar-refractivity contribution in [2.24, 2.45) is 0 Å². The Morgan fingerprint density at radius 3 is 2.75 bits per heavy atom. The van der Waals surface area contributed by atoms with Gasteiger partial charge in [0.25, 0.3) is 0 Å². The van der Waals surface area contributed by atoms with Gasteiger partial charge in [0.2, 0.25) is 0 Å². The highest BCUT2D eigenvalue weighted by Crippen LogP contribution is 2.29. The van der Waals surface area contributed by atoms with Gasteiger partial charge in [-0.1, -0.05) is 24.3 Å². The first kappa shape index (κ1) is 17.7. The largest absolute Gasteiger partial charge is 0.447 e. The Kier molecular flexibility index (Phi) is 4.74. The number of nitriles is 1. The molecule has 0 saturated carbocycles. The van der Waals surface area contributed by atoms with Crippen molar-refractivity contribution < 1.29 is 4.42 Å². The topological polar surface area (TPSA) is 95.3 Å². The highest BCUT2D eigenvalue weighted by molar-refractivity contribution is 5.81. The average molecular weight is 373 g/mol. The second-order valence-electron chi connectivity index (χ2n) is 6.71. The molecular weight excluding hydrogens is 354 g/mol. The van der Waals surface area contributed by atoms with Crippen molar-refractivity contribution >= 4 is 11.5 Å². The predicted octanol–water partition coefficient (Wildman–Crippen LogP) is 2.93. The zero-order chi connectivity index (χ0) is 19.5. The van der Waals surface area contributed by atoms with Gasteiger partial charge in [-0.25, -0.2) is 4.98 Å². The number of hydrogen-bond donors (Lipinski definition) is 1. The number of nitrogens with one attached hydrogen (secondary N) is 1. The van der Waals surface area contributed by atoms with E-state index < -0.39 is 0 Å². The van der Waals surface area contributed by atoms with Crippen molar-refractivity contribution in [2.45, 2.75) is 13.1 Å². The number of benzene rings is 1. The Morgan fingerprint density at radius 1 is 1.25 bits per heavy atom. The standard InChI is InChI=1S/C20H19N7O/c1-26(2)11-14-3-5-15(6-4-14)18-7-16(8-21)19(27-12-24-25-20(18)27)23-10-17-9-22-13-28-17/h3-7,9,12-13,23H,10-11H2,1-2H3. The van der Waals surface area contributed by atoms with Gasteiger partial charge in [-0.05, 0) is 31.3 Å². The van der Waals surface area contributed by atoms with E-state index in [-0.39, 0.29) is 0 Å². The maximum Gasteiger partial charge on any atom is 0.180 e. The lowest BCUT2D eigenvalue weighted by molar-refractivity contribution is 0.402. The lowest BCUT2D eigenvalue weighted by Gasteiger charge is -2.13. The van der Waals surface area contributed by atoms with Crippen molar-refractivity contribution in [3.63, 3.8) is 0 Å². The van der Waals surface area contributed by atoms with Crippen molar-refractivity contribution in [1.29, 1.82) is 5.26 Å². The number of oxazole rings is 1. The molecular formula is C20H19N7O. The molecule has 0 spiro atoms. The van der Waals surface area contributed by atoms with E-state index in [1.807, 2.05) is 32.3 Å². The molecule has 1 N–H and O–H groups in total. The minimum atomic E-state index is 0.403. The third kappa shape index (κ3) is 3.43. The molecule has 1 aromatic carbocycles. The zero-order valence-corrected chi connectivity index (χ0v) is 15.6. The van der Waals surface area contributed by atoms with E-state index in [1.54, 1.807) is 16.9 Å². The van der Waals surface area contributed by atoms with Crippen LogP contribution in [0.1, 0.15) is 16.9 Å². The summed E-state index contributed by atoms with van der Waals surface area (Å²) in [4.78, 5) is 6.02. The van der Waals surface area contributed by atoms with E-state index in [4.69, 9.17) is 4.42 Å². The van der Waals surface area contributed by atoms with Crippen LogP contribution in [0.15, 0.2) is 53.7 Å². The minimum Gasteiger partial charge on any atom is -0.447 e. The lowest BCUT2D eigenvalue weighted by atomic mass is 10.0. The summed E-state index contributed by atoms with van der Waals surface area (Å²) in [5.74, 6) is 1.29. The van der Waals surface area contributed by atoms with E-state index in [0.29, 0.717) is 29.3 Å². The predicted molar refractivity (Wildman–Crippen MR) is 104 cm³/mol. The summed E-state index contributed by atoms with van der Waals surface area (Å²) < 4.78 is 7.04. The highest BCUT2D eigenvalue weighted by atomic mass is 16.3. The van der Waals surface area contributed by atoms with E-state index in [0.717, 1.165) is 17.7 Å². The molecule has 8 heteroatoms. The van der Waals surface area contributed by atoms with Crippen LogP contribution in [-0.2, 0) is 13.1 Å². The van der Waals surface area contributed by atoms with Gasteiger partial charge < -0.3 is 14.6 Å². The minimum absolute atomic E-state index is 0.403. The fourth-order valence-electron chi connectivity index (χ4n) is 3.12. The van der Waals surface area contributed by atoms with Crippen LogP contribution in [0.4, 0.5) is 5.82 Å². The lowest BCUT2D eigenvalue weighted by Crippen LogP contribution is -2.10. The van der Waals surface area contributed by atoms with Crippen LogP contribution in [0.5, 0.6) is 0 Å². The first-order chi connectivity index (χ1) is 13.7. The van der Waals surface area contributed by atoms with Gasteiger partial charge in [-0.2, -0.15) is 5.26 Å². The van der Waals surface area contributed by atoms with E-state index in [1.165, 1.54) is 12.0 Å². The first-order valence-electron chi connectivity index (χ1n) is 8.78. The van der Waals surface area contributed by atoms with Crippen LogP contribution in [0.2, 0.25) is 0 Å². The molecule has 4 aromatic rings. The monoisotopic (exact) mass is 373 g/mol. The van der Waals surface area contributed by atoms with Gasteiger partial charge in [-0.15, -0.1) is 10.2 Å². The van der Waals surface area contributed by atoms with Gasteiger partial charge in [0, 0.05) is 12.1 Å². The maximum absolute atomic E-state index is 9.70. The number of anilines is 1. The summed E-state index contributed by atoms with van der Waals surface area (Å²) in [7, 11) is 4.08. The Hall–Kier alpha value is -3.70. The van der Waals surface area contributed by atoms with Crippen LogP contribution in [0.25, 0.3) is 16.8 Å². The van der Waals surface area contributed by atoms with Gasteiger partial charge >= 0.3 is 0 Å². The Bertz CT molecular complexity index is 1120. The van der Waals surface area contributed by atoms with Crippen molar-refractivity contribution in [2.75, 3.05) is 19.4 Å². The summed E-state index contributed by atoms with van der Waals surface area (Å²) in [6.45, 7) is 1.27. The first-order valence-corrected chi connectivity index (χ1v) is 8.78. The second-order valence-corrected chi connectivity index (χ2v) is 6.71. The normalized spacial score (nSPS) is 11.1. The van der Waals surface area contributed by atoms with Crippen LogP contribution in [0, 0.1) is 11.3 Å². The molecule has 140 valence electrons. The third-order valence-electron chi connectivity index (χ3n) is 4.37.